The van der Waals surface area contributed by atoms with Gasteiger partial charge in [-0.15, -0.1) is 0 Å². The first-order valence-electron chi connectivity index (χ1n) is 7.17. The molecule has 0 bridgehead atoms. The van der Waals surface area contributed by atoms with E-state index in [1.165, 1.54) is 18.5 Å². The normalized spacial score (nSPS) is 19.5. The second-order valence-corrected chi connectivity index (χ2v) is 5.01. The Hall–Kier alpha value is -1.26. The topological polar surface area (TPSA) is 50.5 Å². The van der Waals surface area contributed by atoms with Crippen molar-refractivity contribution < 1.29 is 4.74 Å². The number of hydrogen-bond donors (Lipinski definition) is 2. The highest BCUT2D eigenvalue weighted by molar-refractivity contribution is 5.59. The summed E-state index contributed by atoms with van der Waals surface area (Å²) in [5, 5.41) is 3.49. The summed E-state index contributed by atoms with van der Waals surface area (Å²) in [5.41, 5.74) is 6.80. The van der Waals surface area contributed by atoms with Gasteiger partial charge in [-0.1, -0.05) is 18.6 Å². The van der Waals surface area contributed by atoms with Gasteiger partial charge in [-0.25, -0.2) is 0 Å². The fourth-order valence-corrected chi connectivity index (χ4v) is 2.73. The van der Waals surface area contributed by atoms with Crippen molar-refractivity contribution in [2.75, 3.05) is 38.2 Å². The van der Waals surface area contributed by atoms with E-state index in [1.54, 1.807) is 7.11 Å². The first kappa shape index (κ1) is 14.2. The lowest BCUT2D eigenvalue weighted by molar-refractivity contribution is 0.401. The third kappa shape index (κ3) is 3.61. The summed E-state index contributed by atoms with van der Waals surface area (Å²) in [7, 11) is 1.74. The van der Waals surface area contributed by atoms with Gasteiger partial charge in [0.15, 0.2) is 0 Å². The molecule has 0 amide bonds. The molecule has 1 atom stereocenters. The SMILES string of the molecule is COc1ccccc1N1CCNCC1CCCCN. The largest absolute Gasteiger partial charge is 0.495 e. The van der Waals surface area contributed by atoms with E-state index in [-0.39, 0.29) is 0 Å². The van der Waals surface area contributed by atoms with Crippen molar-refractivity contribution in [1.82, 2.24) is 5.32 Å². The van der Waals surface area contributed by atoms with E-state index in [0.717, 1.165) is 38.3 Å². The van der Waals surface area contributed by atoms with Gasteiger partial charge in [0.25, 0.3) is 0 Å². The standard InChI is InChI=1S/C15H25N3O/c1-19-15-8-3-2-7-14(15)18-11-10-17-12-13(18)6-4-5-9-16/h2-3,7-8,13,17H,4-6,9-12,16H2,1H3. The summed E-state index contributed by atoms with van der Waals surface area (Å²) in [6, 6.07) is 8.83. The van der Waals surface area contributed by atoms with Crippen LogP contribution < -0.4 is 20.7 Å². The third-order valence-corrected chi connectivity index (χ3v) is 3.74. The Morgan fingerprint density at radius 1 is 1.37 bits per heavy atom. The monoisotopic (exact) mass is 263 g/mol. The zero-order chi connectivity index (χ0) is 13.5. The fourth-order valence-electron chi connectivity index (χ4n) is 2.73. The number of anilines is 1. The molecule has 4 heteroatoms. The average molecular weight is 263 g/mol. The minimum Gasteiger partial charge on any atom is -0.495 e. The summed E-state index contributed by atoms with van der Waals surface area (Å²) in [5.74, 6) is 0.966. The van der Waals surface area contributed by atoms with Crippen LogP contribution in [0.15, 0.2) is 24.3 Å². The van der Waals surface area contributed by atoms with Gasteiger partial charge < -0.3 is 20.7 Å². The van der Waals surface area contributed by atoms with Crippen LogP contribution in [-0.4, -0.2) is 39.3 Å². The predicted octanol–water partition coefficient (Wildman–Crippen LogP) is 1.60. The minimum atomic E-state index is 0.539. The molecule has 1 unspecified atom stereocenters. The quantitative estimate of drug-likeness (QED) is 0.766. The van der Waals surface area contributed by atoms with Crippen LogP contribution in [0.25, 0.3) is 0 Å². The molecule has 0 saturated carbocycles. The van der Waals surface area contributed by atoms with Crippen LogP contribution >= 0.6 is 0 Å². The molecule has 1 fully saturated rings. The van der Waals surface area contributed by atoms with E-state index in [1.807, 2.05) is 12.1 Å². The van der Waals surface area contributed by atoms with Crippen molar-refractivity contribution in [3.05, 3.63) is 24.3 Å². The predicted molar refractivity (Wildman–Crippen MR) is 79.9 cm³/mol. The lowest BCUT2D eigenvalue weighted by atomic mass is 10.0. The highest BCUT2D eigenvalue weighted by atomic mass is 16.5. The number of rotatable bonds is 6. The molecule has 3 N–H and O–H groups in total. The maximum atomic E-state index is 5.59. The van der Waals surface area contributed by atoms with Crippen molar-refractivity contribution in [1.29, 1.82) is 0 Å². The molecule has 0 radical (unpaired) electrons. The summed E-state index contributed by atoms with van der Waals surface area (Å²) in [6.07, 6.45) is 3.48. The number of piperazine rings is 1. The fraction of sp³-hybridized carbons (Fsp3) is 0.600. The number of nitrogens with two attached hydrogens (primary N) is 1. The Balaban J connectivity index is 2.09. The van der Waals surface area contributed by atoms with Gasteiger partial charge in [-0.2, -0.15) is 0 Å². The highest BCUT2D eigenvalue weighted by Gasteiger charge is 2.23. The summed E-state index contributed by atoms with van der Waals surface area (Å²) in [6.45, 7) is 3.90. The molecule has 1 saturated heterocycles. The maximum absolute atomic E-state index is 5.59. The zero-order valence-corrected chi connectivity index (χ0v) is 11.8. The van der Waals surface area contributed by atoms with Crippen LogP contribution in [0.5, 0.6) is 5.75 Å². The van der Waals surface area contributed by atoms with Crippen LogP contribution in [0, 0.1) is 0 Å². The van der Waals surface area contributed by atoms with Crippen molar-refractivity contribution >= 4 is 5.69 Å². The molecular weight excluding hydrogens is 238 g/mol. The van der Waals surface area contributed by atoms with Crippen molar-refractivity contribution in [3.8, 4) is 5.75 Å². The van der Waals surface area contributed by atoms with E-state index in [4.69, 9.17) is 10.5 Å². The van der Waals surface area contributed by atoms with Gasteiger partial charge >= 0.3 is 0 Å². The summed E-state index contributed by atoms with van der Waals surface area (Å²) in [4.78, 5) is 2.48. The van der Waals surface area contributed by atoms with E-state index in [2.05, 4.69) is 22.3 Å². The summed E-state index contributed by atoms with van der Waals surface area (Å²) >= 11 is 0. The molecule has 1 aliphatic rings. The number of para-hydroxylation sites is 2. The van der Waals surface area contributed by atoms with Crippen LogP contribution in [0.1, 0.15) is 19.3 Å². The van der Waals surface area contributed by atoms with Gasteiger partial charge in [0, 0.05) is 25.7 Å². The minimum absolute atomic E-state index is 0.539. The number of unbranched alkanes of at least 4 members (excludes halogenated alkanes) is 1. The Kier molecular flexibility index (Phi) is 5.48. The van der Waals surface area contributed by atoms with E-state index in [9.17, 15) is 0 Å². The Morgan fingerprint density at radius 3 is 3.00 bits per heavy atom. The van der Waals surface area contributed by atoms with Crippen molar-refractivity contribution in [3.63, 3.8) is 0 Å². The van der Waals surface area contributed by atoms with E-state index in [0.29, 0.717) is 6.04 Å². The Morgan fingerprint density at radius 2 is 2.21 bits per heavy atom. The first-order valence-corrected chi connectivity index (χ1v) is 7.17. The van der Waals surface area contributed by atoms with Crippen LogP contribution in [0.3, 0.4) is 0 Å². The zero-order valence-electron chi connectivity index (χ0n) is 11.8. The number of benzene rings is 1. The smallest absolute Gasteiger partial charge is 0.142 e. The third-order valence-electron chi connectivity index (χ3n) is 3.74. The molecule has 19 heavy (non-hydrogen) atoms. The van der Waals surface area contributed by atoms with Gasteiger partial charge in [-0.05, 0) is 31.5 Å². The van der Waals surface area contributed by atoms with Crippen LogP contribution in [0.2, 0.25) is 0 Å². The maximum Gasteiger partial charge on any atom is 0.142 e. The Bertz CT molecular complexity index is 383. The molecule has 1 aromatic rings. The van der Waals surface area contributed by atoms with Gasteiger partial charge in [-0.3, -0.25) is 0 Å². The second-order valence-electron chi connectivity index (χ2n) is 5.01. The molecule has 4 nitrogen and oxygen atoms in total. The average Bonchev–Trinajstić information content (AvgIpc) is 2.48. The van der Waals surface area contributed by atoms with E-state index >= 15 is 0 Å². The molecular formula is C15H25N3O. The lowest BCUT2D eigenvalue weighted by Gasteiger charge is -2.38. The Labute approximate surface area is 115 Å². The highest BCUT2D eigenvalue weighted by Crippen LogP contribution is 2.30. The number of ether oxygens (including phenoxy) is 1. The molecule has 1 aliphatic heterocycles. The number of hydrogen-bond acceptors (Lipinski definition) is 4. The lowest BCUT2D eigenvalue weighted by Crippen LogP contribution is -2.51. The van der Waals surface area contributed by atoms with Crippen molar-refractivity contribution in [2.24, 2.45) is 5.73 Å². The molecule has 0 aliphatic carbocycles. The van der Waals surface area contributed by atoms with Crippen LogP contribution in [-0.2, 0) is 0 Å². The van der Waals surface area contributed by atoms with E-state index < -0.39 is 0 Å². The molecule has 1 aromatic carbocycles. The van der Waals surface area contributed by atoms with Crippen LogP contribution in [0.4, 0.5) is 5.69 Å². The number of nitrogens with zero attached hydrogens (tertiary/aromatic N) is 1. The number of nitrogens with one attached hydrogen (secondary N) is 1. The molecule has 0 spiro atoms. The number of methoxy groups -OCH3 is 1. The second kappa shape index (κ2) is 7.36. The summed E-state index contributed by atoms with van der Waals surface area (Å²) < 4.78 is 5.49. The molecule has 2 rings (SSSR count). The molecule has 106 valence electrons. The molecule has 0 aromatic heterocycles. The van der Waals surface area contributed by atoms with Crippen molar-refractivity contribution in [2.45, 2.75) is 25.3 Å². The van der Waals surface area contributed by atoms with Gasteiger partial charge in [0.05, 0.1) is 12.8 Å². The first-order chi connectivity index (χ1) is 9.36. The van der Waals surface area contributed by atoms with Gasteiger partial charge in [0.1, 0.15) is 5.75 Å². The van der Waals surface area contributed by atoms with Gasteiger partial charge in [0.2, 0.25) is 0 Å². The molecule has 1 heterocycles.